The van der Waals surface area contributed by atoms with E-state index in [0.717, 1.165) is 18.9 Å². The van der Waals surface area contributed by atoms with Crippen LogP contribution in [0.4, 0.5) is 0 Å². The molecule has 1 aromatic heterocycles. The molecule has 21 heavy (non-hydrogen) atoms. The summed E-state index contributed by atoms with van der Waals surface area (Å²) in [5, 5.41) is 4.08. The summed E-state index contributed by atoms with van der Waals surface area (Å²) in [6.45, 7) is 2.06. The molecule has 1 aromatic rings. The topological polar surface area (TPSA) is 47.4 Å². The van der Waals surface area contributed by atoms with Crippen LogP contribution in [0, 0.1) is 5.92 Å². The van der Waals surface area contributed by atoms with Crippen molar-refractivity contribution in [2.75, 3.05) is 19.7 Å². The third kappa shape index (κ3) is 3.46. The predicted octanol–water partition coefficient (Wildman–Crippen LogP) is 2.23. The molecule has 1 saturated carbocycles. The Hall–Kier alpha value is -1.36. The minimum absolute atomic E-state index is 0.0759. The van der Waals surface area contributed by atoms with E-state index in [0.29, 0.717) is 18.8 Å². The van der Waals surface area contributed by atoms with Crippen LogP contribution >= 0.6 is 0 Å². The quantitative estimate of drug-likeness (QED) is 0.858. The number of rotatable bonds is 3. The molecule has 5 heteroatoms. The molecule has 3 rings (SSSR count). The van der Waals surface area contributed by atoms with Crippen LogP contribution in [0.1, 0.15) is 49.0 Å². The maximum absolute atomic E-state index is 12.5. The Labute approximate surface area is 126 Å². The van der Waals surface area contributed by atoms with Gasteiger partial charge in [0.05, 0.1) is 12.7 Å². The lowest BCUT2D eigenvalue weighted by molar-refractivity contribution is -0.0340. The van der Waals surface area contributed by atoms with Gasteiger partial charge in [0.2, 0.25) is 0 Å². The number of morpholine rings is 1. The average Bonchev–Trinajstić information content (AvgIpc) is 2.94. The van der Waals surface area contributed by atoms with Crippen LogP contribution in [-0.2, 0) is 11.8 Å². The molecule has 5 nitrogen and oxygen atoms in total. The van der Waals surface area contributed by atoms with E-state index < -0.39 is 0 Å². The molecule has 1 aliphatic heterocycles. The zero-order valence-electron chi connectivity index (χ0n) is 12.8. The fourth-order valence-corrected chi connectivity index (χ4v) is 3.59. The van der Waals surface area contributed by atoms with E-state index >= 15 is 0 Å². The monoisotopic (exact) mass is 291 g/mol. The zero-order valence-corrected chi connectivity index (χ0v) is 12.8. The van der Waals surface area contributed by atoms with Crippen molar-refractivity contribution in [2.45, 2.75) is 44.6 Å². The van der Waals surface area contributed by atoms with Gasteiger partial charge in [-0.2, -0.15) is 5.10 Å². The molecule has 1 saturated heterocycles. The molecule has 0 bridgehead atoms. The number of amides is 1. The minimum atomic E-state index is 0.0759. The summed E-state index contributed by atoms with van der Waals surface area (Å²) in [5.41, 5.74) is 0.660. The van der Waals surface area contributed by atoms with Gasteiger partial charge in [-0.15, -0.1) is 0 Å². The summed E-state index contributed by atoms with van der Waals surface area (Å²) in [6, 6.07) is 1.79. The highest BCUT2D eigenvalue weighted by Crippen LogP contribution is 2.29. The molecule has 0 aromatic carbocycles. The number of hydrogen-bond acceptors (Lipinski definition) is 3. The molecule has 1 aliphatic carbocycles. The van der Waals surface area contributed by atoms with Crippen LogP contribution in [0.5, 0.6) is 0 Å². The first-order valence-corrected chi connectivity index (χ1v) is 8.13. The van der Waals surface area contributed by atoms with Crippen LogP contribution in [0.25, 0.3) is 0 Å². The molecule has 1 unspecified atom stereocenters. The zero-order chi connectivity index (χ0) is 14.7. The van der Waals surface area contributed by atoms with Gasteiger partial charge in [-0.25, -0.2) is 0 Å². The lowest BCUT2D eigenvalue weighted by Gasteiger charge is -2.35. The summed E-state index contributed by atoms with van der Waals surface area (Å²) in [7, 11) is 1.81. The molecule has 116 valence electrons. The molecule has 2 fully saturated rings. The number of aromatic nitrogens is 2. The highest BCUT2D eigenvalue weighted by Gasteiger charge is 2.28. The van der Waals surface area contributed by atoms with Crippen molar-refractivity contribution in [3.63, 3.8) is 0 Å². The molecular formula is C16H25N3O2. The van der Waals surface area contributed by atoms with Gasteiger partial charge in [0.15, 0.2) is 0 Å². The first kappa shape index (κ1) is 14.6. The number of ether oxygens (including phenoxy) is 1. The van der Waals surface area contributed by atoms with Crippen molar-refractivity contribution in [3.8, 4) is 0 Å². The Kier molecular flexibility index (Phi) is 4.58. The highest BCUT2D eigenvalue weighted by atomic mass is 16.5. The van der Waals surface area contributed by atoms with Crippen LogP contribution in [0.15, 0.2) is 12.3 Å². The summed E-state index contributed by atoms with van der Waals surface area (Å²) in [5.74, 6) is 0.863. The first-order valence-electron chi connectivity index (χ1n) is 8.13. The summed E-state index contributed by atoms with van der Waals surface area (Å²) in [4.78, 5) is 14.5. The predicted molar refractivity (Wildman–Crippen MR) is 80.0 cm³/mol. The maximum Gasteiger partial charge on any atom is 0.272 e. The third-order valence-corrected chi connectivity index (χ3v) is 4.79. The van der Waals surface area contributed by atoms with Crippen molar-refractivity contribution in [1.29, 1.82) is 0 Å². The SMILES string of the molecule is Cn1nccc1C(=O)N1CCOC(CC2CCCCC2)C1. The van der Waals surface area contributed by atoms with Crippen molar-refractivity contribution in [1.82, 2.24) is 14.7 Å². The molecule has 1 amide bonds. The van der Waals surface area contributed by atoms with Crippen LogP contribution < -0.4 is 0 Å². The summed E-state index contributed by atoms with van der Waals surface area (Å²) in [6.07, 6.45) is 9.74. The van der Waals surface area contributed by atoms with Crippen LogP contribution in [-0.4, -0.2) is 46.4 Å². The number of aryl methyl sites for hydroxylation is 1. The van der Waals surface area contributed by atoms with Crippen molar-refractivity contribution in [3.05, 3.63) is 18.0 Å². The van der Waals surface area contributed by atoms with Crippen LogP contribution in [0.3, 0.4) is 0 Å². The Balaban J connectivity index is 1.57. The summed E-state index contributed by atoms with van der Waals surface area (Å²) < 4.78 is 7.54. The molecule has 2 heterocycles. The smallest absolute Gasteiger partial charge is 0.272 e. The lowest BCUT2D eigenvalue weighted by Crippen LogP contribution is -2.46. The van der Waals surface area contributed by atoms with E-state index in [9.17, 15) is 4.79 Å². The average molecular weight is 291 g/mol. The largest absolute Gasteiger partial charge is 0.375 e. The molecule has 2 aliphatic rings. The molecule has 1 atom stereocenters. The van der Waals surface area contributed by atoms with Gasteiger partial charge < -0.3 is 9.64 Å². The van der Waals surface area contributed by atoms with E-state index in [-0.39, 0.29) is 12.0 Å². The lowest BCUT2D eigenvalue weighted by atomic mass is 9.85. The van der Waals surface area contributed by atoms with E-state index in [1.165, 1.54) is 32.1 Å². The number of nitrogens with zero attached hydrogens (tertiary/aromatic N) is 3. The van der Waals surface area contributed by atoms with Crippen LogP contribution in [0.2, 0.25) is 0 Å². The Morgan fingerprint density at radius 3 is 2.90 bits per heavy atom. The van der Waals surface area contributed by atoms with Crippen molar-refractivity contribution >= 4 is 5.91 Å². The van der Waals surface area contributed by atoms with Gasteiger partial charge >= 0.3 is 0 Å². The van der Waals surface area contributed by atoms with Gasteiger partial charge in [0.1, 0.15) is 5.69 Å². The van der Waals surface area contributed by atoms with Gasteiger partial charge in [0, 0.05) is 26.3 Å². The van der Waals surface area contributed by atoms with E-state index in [1.54, 1.807) is 16.9 Å². The second-order valence-corrected chi connectivity index (χ2v) is 6.32. The fraction of sp³-hybridized carbons (Fsp3) is 0.750. The highest BCUT2D eigenvalue weighted by molar-refractivity contribution is 5.92. The normalized spacial score (nSPS) is 24.2. The Morgan fingerprint density at radius 2 is 2.19 bits per heavy atom. The van der Waals surface area contributed by atoms with E-state index in [4.69, 9.17) is 4.74 Å². The first-order chi connectivity index (χ1) is 10.2. The van der Waals surface area contributed by atoms with Gasteiger partial charge in [-0.3, -0.25) is 9.48 Å². The van der Waals surface area contributed by atoms with Gasteiger partial charge in [-0.05, 0) is 18.4 Å². The van der Waals surface area contributed by atoms with E-state index in [2.05, 4.69) is 5.10 Å². The third-order valence-electron chi connectivity index (χ3n) is 4.79. The summed E-state index contributed by atoms with van der Waals surface area (Å²) >= 11 is 0. The molecule has 0 spiro atoms. The number of carbonyl (C=O) groups excluding carboxylic acids is 1. The Bertz CT molecular complexity index is 480. The van der Waals surface area contributed by atoms with Gasteiger partial charge in [0.25, 0.3) is 5.91 Å². The standard InChI is InChI=1S/C16H25N3O2/c1-18-15(7-8-17-18)16(20)19-9-10-21-14(12-19)11-13-5-3-2-4-6-13/h7-8,13-14H,2-6,9-12H2,1H3. The second kappa shape index (κ2) is 6.60. The second-order valence-electron chi connectivity index (χ2n) is 6.32. The molecule has 0 radical (unpaired) electrons. The Morgan fingerprint density at radius 1 is 1.38 bits per heavy atom. The van der Waals surface area contributed by atoms with Crippen molar-refractivity contribution in [2.24, 2.45) is 13.0 Å². The molecular weight excluding hydrogens is 266 g/mol. The van der Waals surface area contributed by atoms with Gasteiger partial charge in [-0.1, -0.05) is 32.1 Å². The van der Waals surface area contributed by atoms with Crippen molar-refractivity contribution < 1.29 is 9.53 Å². The maximum atomic E-state index is 12.5. The molecule has 0 N–H and O–H groups in total. The minimum Gasteiger partial charge on any atom is -0.375 e. The fourth-order valence-electron chi connectivity index (χ4n) is 3.59. The van der Waals surface area contributed by atoms with E-state index in [1.807, 2.05) is 11.9 Å². The number of carbonyl (C=O) groups is 1. The number of hydrogen-bond donors (Lipinski definition) is 0.